The molecule has 2 atom stereocenters. The van der Waals surface area contributed by atoms with Gasteiger partial charge in [-0.05, 0) is 45.3 Å². The van der Waals surface area contributed by atoms with Crippen LogP contribution in [0.1, 0.15) is 52.6 Å². The van der Waals surface area contributed by atoms with Crippen molar-refractivity contribution in [1.82, 2.24) is 0 Å². The summed E-state index contributed by atoms with van der Waals surface area (Å²) in [7, 11) is -1.81. The van der Waals surface area contributed by atoms with E-state index in [2.05, 4.69) is 104 Å². The van der Waals surface area contributed by atoms with Gasteiger partial charge in [-0.25, -0.2) is 0 Å². The van der Waals surface area contributed by atoms with Gasteiger partial charge in [0.1, 0.15) is 0 Å². The Morgan fingerprint density at radius 3 is 1.94 bits per heavy atom. The van der Waals surface area contributed by atoms with Crippen LogP contribution in [-0.2, 0) is 26.2 Å². The van der Waals surface area contributed by atoms with E-state index in [1.807, 2.05) is 0 Å². The summed E-state index contributed by atoms with van der Waals surface area (Å²) in [5.74, 6) is 0. The second-order valence-corrected chi connectivity index (χ2v) is 13.8. The number of benzene rings is 3. The molecule has 0 aromatic heterocycles. The third kappa shape index (κ3) is 4.96. The van der Waals surface area contributed by atoms with Crippen molar-refractivity contribution in [3.63, 3.8) is 0 Å². The van der Waals surface area contributed by atoms with Crippen LogP contribution >= 0.6 is 0 Å². The number of allylic oxidation sites excluding steroid dienone is 2. The van der Waals surface area contributed by atoms with Gasteiger partial charge in [0.25, 0.3) is 0 Å². The number of unbranched alkanes of at least 4 members (excludes halogenated alkanes) is 2. The van der Waals surface area contributed by atoms with Gasteiger partial charge in [0, 0.05) is 5.54 Å². The molecule has 0 N–H and O–H groups in total. The molecule has 0 amide bonds. The Balaban J connectivity index is 0.00000128. The van der Waals surface area contributed by atoms with E-state index in [1.54, 1.807) is 16.7 Å². The maximum atomic E-state index is 3.94. The summed E-state index contributed by atoms with van der Waals surface area (Å²) >= 11 is 0. The van der Waals surface area contributed by atoms with Crippen LogP contribution in [0, 0.1) is 0 Å². The minimum Gasteiger partial charge on any atom is -1.00 e. The Bertz CT molecular complexity index is 1080. The molecule has 33 heavy (non-hydrogen) atoms. The van der Waals surface area contributed by atoms with Gasteiger partial charge in [-0.2, -0.15) is 0 Å². The summed E-state index contributed by atoms with van der Waals surface area (Å²) in [5.41, 5.74) is 10.1. The molecule has 2 aliphatic rings. The molecule has 2 aliphatic carbocycles. The zero-order chi connectivity index (χ0) is 20.6. The quantitative estimate of drug-likeness (QED) is 0.233. The summed E-state index contributed by atoms with van der Waals surface area (Å²) in [4.78, 5) is 0. The molecule has 0 saturated carbocycles. The Hall–Kier alpha value is -1.18. The molecule has 3 aromatic carbocycles. The largest absolute Gasteiger partial charge is 2.00 e. The van der Waals surface area contributed by atoms with E-state index >= 15 is 0 Å². The second kappa shape index (κ2) is 12.0. The number of hydrogen-bond acceptors (Lipinski definition) is 0. The first kappa shape index (κ1) is 28.1. The SMILES string of the molecule is C=CCCCC[Si](C)(C1C=Cc2ccccc21)C1c2ccccc2-c2ccccc21.[Cl-].[Cl-].[Zr+2]. The zero-order valence-corrected chi connectivity index (χ0v) is 24.1. The molecule has 0 nitrogen and oxygen atoms in total. The van der Waals surface area contributed by atoms with Gasteiger partial charge in [0.2, 0.25) is 0 Å². The van der Waals surface area contributed by atoms with Crippen LogP contribution < -0.4 is 24.8 Å². The van der Waals surface area contributed by atoms with E-state index < -0.39 is 8.07 Å². The third-order valence-corrected chi connectivity index (χ3v) is 12.7. The van der Waals surface area contributed by atoms with Gasteiger partial charge in [-0.3, -0.25) is 0 Å². The van der Waals surface area contributed by atoms with E-state index in [4.69, 9.17) is 0 Å². The zero-order valence-electron chi connectivity index (χ0n) is 19.1. The average molecular weight is 569 g/mol. The van der Waals surface area contributed by atoms with E-state index in [-0.39, 0.29) is 51.0 Å². The molecule has 168 valence electrons. The summed E-state index contributed by atoms with van der Waals surface area (Å²) in [5, 5.41) is 0. The Morgan fingerprint density at radius 2 is 1.33 bits per heavy atom. The first-order valence-electron chi connectivity index (χ1n) is 11.3. The Kier molecular flexibility index (Phi) is 10.2. The van der Waals surface area contributed by atoms with Gasteiger partial charge in [0.15, 0.2) is 0 Å². The van der Waals surface area contributed by atoms with Gasteiger partial charge >= 0.3 is 26.2 Å². The molecule has 0 aliphatic heterocycles. The predicted octanol–water partition coefficient (Wildman–Crippen LogP) is 2.13. The molecular formula is C29H30Cl2SiZr. The van der Waals surface area contributed by atoms with Gasteiger partial charge in [-0.15, -0.1) is 6.58 Å². The maximum absolute atomic E-state index is 3.94. The summed E-state index contributed by atoms with van der Waals surface area (Å²) in [6.45, 7) is 6.62. The van der Waals surface area contributed by atoms with Crippen molar-refractivity contribution in [2.45, 2.75) is 42.9 Å². The molecular weight excluding hydrogens is 539 g/mol. The van der Waals surface area contributed by atoms with Crippen molar-refractivity contribution in [3.8, 4) is 11.1 Å². The van der Waals surface area contributed by atoms with Crippen molar-refractivity contribution in [1.29, 1.82) is 0 Å². The molecule has 0 fully saturated rings. The van der Waals surface area contributed by atoms with E-state index in [1.165, 1.54) is 35.6 Å². The standard InChI is InChI=1S/C29H30Si.2ClH.Zr/c1-3-4-5-12-21-30(2,28-20-19-22-13-6-7-14-23(22)28)29-26-17-10-8-15-24(26)25-16-9-11-18-27(25)29;;;/h3,6-11,13-20,28-29H,1,4-5,12,21H2,2H3;2*1H;/q;;;+2/p-2. The summed E-state index contributed by atoms with van der Waals surface area (Å²) < 4.78 is 0. The van der Waals surface area contributed by atoms with Crippen LogP contribution in [0.4, 0.5) is 0 Å². The van der Waals surface area contributed by atoms with Crippen LogP contribution in [-0.4, -0.2) is 8.07 Å². The molecule has 0 saturated heterocycles. The molecule has 0 bridgehead atoms. The number of fused-ring (bicyclic) bond motifs is 4. The van der Waals surface area contributed by atoms with Gasteiger partial charge in [0.05, 0.1) is 8.07 Å². The number of halogens is 2. The van der Waals surface area contributed by atoms with Crippen molar-refractivity contribution >= 4 is 14.1 Å². The van der Waals surface area contributed by atoms with E-state index in [0.717, 1.165) is 6.42 Å². The monoisotopic (exact) mass is 566 g/mol. The minimum absolute atomic E-state index is 0. The molecule has 0 spiro atoms. The van der Waals surface area contributed by atoms with Gasteiger partial charge in [-0.1, -0.05) is 116 Å². The topological polar surface area (TPSA) is 0 Å². The number of hydrogen-bond donors (Lipinski definition) is 0. The normalized spacial score (nSPS) is 16.8. The minimum atomic E-state index is -1.81. The molecule has 0 radical (unpaired) electrons. The maximum Gasteiger partial charge on any atom is 2.00 e. The van der Waals surface area contributed by atoms with Crippen LogP contribution in [0.25, 0.3) is 17.2 Å². The second-order valence-electron chi connectivity index (χ2n) is 9.11. The fraction of sp³-hybridized carbons (Fsp3) is 0.241. The van der Waals surface area contributed by atoms with Crippen LogP contribution in [0.2, 0.25) is 12.6 Å². The summed E-state index contributed by atoms with van der Waals surface area (Å²) in [6.07, 6.45) is 10.7. The molecule has 5 rings (SSSR count). The van der Waals surface area contributed by atoms with Crippen LogP contribution in [0.15, 0.2) is 91.5 Å². The first-order chi connectivity index (χ1) is 14.7. The fourth-order valence-electron chi connectivity index (χ4n) is 5.96. The third-order valence-electron chi connectivity index (χ3n) is 7.38. The van der Waals surface area contributed by atoms with Crippen molar-refractivity contribution in [2.75, 3.05) is 0 Å². The molecule has 0 heterocycles. The Morgan fingerprint density at radius 1 is 0.788 bits per heavy atom. The van der Waals surface area contributed by atoms with Crippen molar-refractivity contribution < 1.29 is 51.0 Å². The van der Waals surface area contributed by atoms with Crippen molar-refractivity contribution in [2.24, 2.45) is 0 Å². The molecule has 4 heteroatoms. The fourth-order valence-corrected chi connectivity index (χ4v) is 11.4. The van der Waals surface area contributed by atoms with E-state index in [0.29, 0.717) is 11.1 Å². The summed E-state index contributed by atoms with van der Waals surface area (Å²) in [6, 6.07) is 28.8. The smallest absolute Gasteiger partial charge is 1.00 e. The Labute approximate surface area is 231 Å². The average Bonchev–Trinajstić information content (AvgIpc) is 3.37. The van der Waals surface area contributed by atoms with Crippen LogP contribution in [0.3, 0.4) is 0 Å². The number of rotatable bonds is 7. The first-order valence-corrected chi connectivity index (χ1v) is 14.2. The van der Waals surface area contributed by atoms with Crippen molar-refractivity contribution in [3.05, 3.63) is 114 Å². The van der Waals surface area contributed by atoms with E-state index in [9.17, 15) is 0 Å². The predicted molar refractivity (Wildman–Crippen MR) is 132 cm³/mol. The van der Waals surface area contributed by atoms with Gasteiger partial charge < -0.3 is 24.8 Å². The van der Waals surface area contributed by atoms with Crippen LogP contribution in [0.5, 0.6) is 0 Å². The molecule has 2 unspecified atom stereocenters. The molecule has 3 aromatic rings.